The Morgan fingerprint density at radius 1 is 1.50 bits per heavy atom. The van der Waals surface area contributed by atoms with E-state index in [2.05, 4.69) is 6.07 Å². The molecule has 0 aromatic carbocycles. The summed E-state index contributed by atoms with van der Waals surface area (Å²) in [6.45, 7) is 0.727. The molecule has 0 amide bonds. The molecule has 0 spiro atoms. The van der Waals surface area contributed by atoms with Gasteiger partial charge in [-0.3, -0.25) is 4.79 Å². The van der Waals surface area contributed by atoms with Gasteiger partial charge >= 0.3 is 0 Å². The smallest absolute Gasteiger partial charge is 0.220 e. The Balaban J connectivity index is 2.03. The molecule has 0 saturated heterocycles. The van der Waals surface area contributed by atoms with E-state index in [4.69, 9.17) is 16.9 Å². The van der Waals surface area contributed by atoms with Gasteiger partial charge in [-0.15, -0.1) is 11.3 Å². The lowest BCUT2D eigenvalue weighted by Crippen LogP contribution is -2.07. The molecule has 1 unspecified atom stereocenters. The summed E-state index contributed by atoms with van der Waals surface area (Å²) in [5.74, 6) is -0.148. The highest BCUT2D eigenvalue weighted by atomic mass is 35.5. The second-order valence-corrected chi connectivity index (χ2v) is 5.52. The molecule has 0 saturated carbocycles. The Bertz CT molecular complexity index is 665. The molecule has 0 bridgehead atoms. The van der Waals surface area contributed by atoms with Gasteiger partial charge in [0, 0.05) is 12.2 Å². The fourth-order valence-corrected chi connectivity index (χ4v) is 3.43. The Labute approximate surface area is 113 Å². The summed E-state index contributed by atoms with van der Waals surface area (Å²) in [5.41, 5.74) is 1.57. The number of hydrogen-bond acceptors (Lipinski definition) is 3. The maximum Gasteiger partial charge on any atom is 0.220 e. The largest absolute Gasteiger partial charge is 0.341 e. The molecule has 0 fully saturated rings. The molecule has 90 valence electrons. The van der Waals surface area contributed by atoms with Crippen molar-refractivity contribution in [2.24, 2.45) is 0 Å². The topological polar surface area (TPSA) is 45.8 Å². The van der Waals surface area contributed by atoms with Crippen molar-refractivity contribution in [3.05, 3.63) is 44.9 Å². The van der Waals surface area contributed by atoms with Crippen LogP contribution in [0.5, 0.6) is 0 Å². The SMILES string of the molecule is N#CC1CCn2c(C(=O)c3sccc3Cl)ccc21. The van der Waals surface area contributed by atoms with Gasteiger partial charge in [0.2, 0.25) is 5.78 Å². The molecule has 2 aromatic rings. The van der Waals surface area contributed by atoms with Crippen LogP contribution in [0.2, 0.25) is 5.02 Å². The Morgan fingerprint density at radius 2 is 2.33 bits per heavy atom. The van der Waals surface area contributed by atoms with E-state index in [9.17, 15) is 4.79 Å². The van der Waals surface area contributed by atoms with Crippen LogP contribution >= 0.6 is 22.9 Å². The average molecular weight is 277 g/mol. The molecule has 0 radical (unpaired) electrons. The Kier molecular flexibility index (Phi) is 2.73. The van der Waals surface area contributed by atoms with Gasteiger partial charge in [-0.2, -0.15) is 5.26 Å². The summed E-state index contributed by atoms with van der Waals surface area (Å²) in [6, 6.07) is 7.65. The molecule has 3 nitrogen and oxygen atoms in total. The summed E-state index contributed by atoms with van der Waals surface area (Å²) >= 11 is 7.33. The van der Waals surface area contributed by atoms with E-state index in [1.807, 2.05) is 16.0 Å². The van der Waals surface area contributed by atoms with Gasteiger partial charge in [0.15, 0.2) is 0 Å². The summed E-state index contributed by atoms with van der Waals surface area (Å²) in [6.07, 6.45) is 0.783. The minimum absolute atomic E-state index is 0.0557. The quantitative estimate of drug-likeness (QED) is 0.789. The van der Waals surface area contributed by atoms with E-state index in [0.29, 0.717) is 15.6 Å². The summed E-state index contributed by atoms with van der Waals surface area (Å²) in [7, 11) is 0. The number of fused-ring (bicyclic) bond motifs is 1. The third kappa shape index (κ3) is 1.59. The Morgan fingerprint density at radius 3 is 3.00 bits per heavy atom. The van der Waals surface area contributed by atoms with Gasteiger partial charge in [-0.1, -0.05) is 11.6 Å². The van der Waals surface area contributed by atoms with Crippen molar-refractivity contribution in [3.8, 4) is 6.07 Å². The number of carbonyl (C=O) groups excluding carboxylic acids is 1. The maximum atomic E-state index is 12.4. The van der Waals surface area contributed by atoms with Gasteiger partial charge in [0.25, 0.3) is 0 Å². The molecule has 3 rings (SSSR count). The van der Waals surface area contributed by atoms with E-state index in [1.54, 1.807) is 12.1 Å². The monoisotopic (exact) mass is 276 g/mol. The highest BCUT2D eigenvalue weighted by Crippen LogP contribution is 2.32. The number of carbonyl (C=O) groups is 1. The maximum absolute atomic E-state index is 12.4. The number of thiophene rings is 1. The molecule has 5 heteroatoms. The van der Waals surface area contributed by atoms with Crippen molar-refractivity contribution in [1.82, 2.24) is 4.57 Å². The van der Waals surface area contributed by atoms with Crippen molar-refractivity contribution in [3.63, 3.8) is 0 Å². The van der Waals surface area contributed by atoms with Crippen LogP contribution < -0.4 is 0 Å². The minimum Gasteiger partial charge on any atom is -0.341 e. The molecular weight excluding hydrogens is 268 g/mol. The number of ketones is 1. The number of nitrogens with zero attached hydrogens (tertiary/aromatic N) is 2. The lowest BCUT2D eigenvalue weighted by molar-refractivity contribution is 0.103. The average Bonchev–Trinajstić information content (AvgIpc) is 3.02. The fraction of sp³-hybridized carbons (Fsp3) is 0.231. The number of halogens is 1. The standard InChI is InChI=1S/C13H9ClN2OS/c14-9-4-6-18-13(9)12(17)11-2-1-10-8(7-15)3-5-16(10)11/h1-2,4,6,8H,3,5H2. The van der Waals surface area contributed by atoms with Crippen molar-refractivity contribution >= 4 is 28.7 Å². The van der Waals surface area contributed by atoms with Gasteiger partial charge in [0.05, 0.1) is 27.6 Å². The molecular formula is C13H9ClN2OS. The molecule has 0 N–H and O–H groups in total. The van der Waals surface area contributed by atoms with Gasteiger partial charge in [0.1, 0.15) is 0 Å². The zero-order valence-corrected chi connectivity index (χ0v) is 11.0. The molecule has 1 atom stereocenters. The van der Waals surface area contributed by atoms with Crippen LogP contribution in [-0.4, -0.2) is 10.4 Å². The first-order chi connectivity index (χ1) is 8.72. The number of nitriles is 1. The number of aromatic nitrogens is 1. The van der Waals surface area contributed by atoms with Crippen molar-refractivity contribution in [2.45, 2.75) is 18.9 Å². The normalized spacial score (nSPS) is 17.4. The van der Waals surface area contributed by atoms with Crippen LogP contribution in [0, 0.1) is 11.3 Å². The first-order valence-electron chi connectivity index (χ1n) is 5.59. The highest BCUT2D eigenvalue weighted by molar-refractivity contribution is 7.13. The van der Waals surface area contributed by atoms with E-state index >= 15 is 0 Å². The molecule has 1 aliphatic heterocycles. The fourth-order valence-electron chi connectivity index (χ4n) is 2.34. The number of rotatable bonds is 2. The molecule has 1 aliphatic rings. The number of hydrogen-bond donors (Lipinski definition) is 0. The van der Waals surface area contributed by atoms with Crippen LogP contribution in [0.25, 0.3) is 0 Å². The zero-order chi connectivity index (χ0) is 12.7. The summed E-state index contributed by atoms with van der Waals surface area (Å²) in [5, 5.41) is 11.3. The Hall–Kier alpha value is -1.57. The molecule has 3 heterocycles. The lowest BCUT2D eigenvalue weighted by atomic mass is 10.1. The van der Waals surface area contributed by atoms with E-state index < -0.39 is 0 Å². The van der Waals surface area contributed by atoms with Crippen molar-refractivity contribution < 1.29 is 4.79 Å². The zero-order valence-electron chi connectivity index (χ0n) is 9.39. The van der Waals surface area contributed by atoms with E-state index in [-0.39, 0.29) is 11.7 Å². The molecule has 18 heavy (non-hydrogen) atoms. The second-order valence-electron chi connectivity index (χ2n) is 4.19. The lowest BCUT2D eigenvalue weighted by Gasteiger charge is -2.04. The van der Waals surface area contributed by atoms with Gasteiger partial charge in [-0.25, -0.2) is 0 Å². The van der Waals surface area contributed by atoms with E-state index in [0.717, 1.165) is 18.7 Å². The third-order valence-corrected chi connectivity index (χ3v) is 4.56. The van der Waals surface area contributed by atoms with Crippen LogP contribution in [0.4, 0.5) is 0 Å². The van der Waals surface area contributed by atoms with Crippen LogP contribution in [0.1, 0.15) is 33.4 Å². The van der Waals surface area contributed by atoms with Crippen LogP contribution in [-0.2, 0) is 6.54 Å². The minimum atomic E-state index is -0.0923. The van der Waals surface area contributed by atoms with Gasteiger partial charge < -0.3 is 4.57 Å². The second kappa shape index (κ2) is 4.27. The molecule has 2 aromatic heterocycles. The van der Waals surface area contributed by atoms with Crippen LogP contribution in [0.15, 0.2) is 23.6 Å². The van der Waals surface area contributed by atoms with Crippen molar-refractivity contribution in [1.29, 1.82) is 5.26 Å². The van der Waals surface area contributed by atoms with E-state index in [1.165, 1.54) is 11.3 Å². The molecule has 0 aliphatic carbocycles. The third-order valence-electron chi connectivity index (χ3n) is 3.22. The van der Waals surface area contributed by atoms with Gasteiger partial charge in [-0.05, 0) is 30.0 Å². The predicted molar refractivity (Wildman–Crippen MR) is 70.2 cm³/mol. The predicted octanol–water partition coefficient (Wildman–Crippen LogP) is 3.44. The van der Waals surface area contributed by atoms with Crippen LogP contribution in [0.3, 0.4) is 0 Å². The van der Waals surface area contributed by atoms with Crippen molar-refractivity contribution in [2.75, 3.05) is 0 Å². The first-order valence-corrected chi connectivity index (χ1v) is 6.85. The first kappa shape index (κ1) is 11.5. The summed E-state index contributed by atoms with van der Waals surface area (Å²) < 4.78 is 1.94. The highest BCUT2D eigenvalue weighted by Gasteiger charge is 2.27. The summed E-state index contributed by atoms with van der Waals surface area (Å²) in [4.78, 5) is 12.9.